The number of rotatable bonds is 2. The van der Waals surface area contributed by atoms with E-state index in [4.69, 9.17) is 9.47 Å². The lowest BCUT2D eigenvalue weighted by atomic mass is 9.98. The normalized spacial score (nSPS) is 42.8. The molecule has 3 atom stereocenters. The number of hydrogen-bond donors (Lipinski definition) is 1. The maximum absolute atomic E-state index is 5.73. The fraction of sp³-hybridized carbons (Fsp3) is 1.00. The molecule has 2 heterocycles. The lowest BCUT2D eigenvalue weighted by Crippen LogP contribution is -2.48. The third kappa shape index (κ3) is 3.44. The van der Waals surface area contributed by atoms with Crippen molar-refractivity contribution in [3.05, 3.63) is 0 Å². The molecule has 0 aromatic rings. The molecule has 0 bridgehead atoms. The van der Waals surface area contributed by atoms with Gasteiger partial charge in [0.05, 0.1) is 18.8 Å². The Kier molecular flexibility index (Phi) is 4.00. The summed E-state index contributed by atoms with van der Waals surface area (Å²) in [4.78, 5) is 0. The maximum atomic E-state index is 5.73. The molecule has 3 heteroatoms. The highest BCUT2D eigenvalue weighted by molar-refractivity contribution is 4.82. The number of ether oxygens (including phenoxy) is 2. The maximum Gasteiger partial charge on any atom is 0.0619 e. The second-order valence-corrected chi connectivity index (χ2v) is 5.01. The highest BCUT2D eigenvalue weighted by atomic mass is 16.5. The van der Waals surface area contributed by atoms with Gasteiger partial charge in [-0.2, -0.15) is 0 Å². The van der Waals surface area contributed by atoms with Crippen LogP contribution in [0.5, 0.6) is 0 Å². The lowest BCUT2D eigenvalue weighted by molar-refractivity contribution is -0.0470. The van der Waals surface area contributed by atoms with Gasteiger partial charge in [0.25, 0.3) is 0 Å². The van der Waals surface area contributed by atoms with Gasteiger partial charge in [0.2, 0.25) is 0 Å². The molecule has 2 fully saturated rings. The van der Waals surface area contributed by atoms with Crippen LogP contribution in [-0.4, -0.2) is 37.5 Å². The zero-order valence-electron chi connectivity index (χ0n) is 9.87. The zero-order valence-corrected chi connectivity index (χ0v) is 9.87. The van der Waals surface area contributed by atoms with Crippen molar-refractivity contribution in [3.63, 3.8) is 0 Å². The van der Waals surface area contributed by atoms with E-state index in [0.29, 0.717) is 24.3 Å². The van der Waals surface area contributed by atoms with Crippen molar-refractivity contribution in [1.82, 2.24) is 5.32 Å². The van der Waals surface area contributed by atoms with Crippen molar-refractivity contribution in [1.29, 1.82) is 0 Å². The minimum absolute atomic E-state index is 0.399. The molecule has 0 amide bonds. The van der Waals surface area contributed by atoms with Gasteiger partial charge in [-0.25, -0.2) is 0 Å². The van der Waals surface area contributed by atoms with Crippen LogP contribution in [0.2, 0.25) is 0 Å². The van der Waals surface area contributed by atoms with Gasteiger partial charge in [0.15, 0.2) is 0 Å². The number of nitrogens with one attached hydrogen (secondary N) is 1. The molecular weight excluding hydrogens is 190 g/mol. The summed E-state index contributed by atoms with van der Waals surface area (Å²) in [6.45, 7) is 6.17. The molecule has 0 spiro atoms. The molecule has 2 aliphatic heterocycles. The molecule has 2 rings (SSSR count). The molecule has 2 aliphatic rings. The quantitative estimate of drug-likeness (QED) is 0.757. The minimum atomic E-state index is 0.399. The molecule has 3 nitrogen and oxygen atoms in total. The first-order valence-electron chi connectivity index (χ1n) is 6.23. The van der Waals surface area contributed by atoms with E-state index in [2.05, 4.69) is 19.2 Å². The second kappa shape index (κ2) is 5.28. The summed E-state index contributed by atoms with van der Waals surface area (Å²) in [6.07, 6.45) is 5.54. The van der Waals surface area contributed by atoms with Crippen LogP contribution < -0.4 is 5.32 Å². The van der Waals surface area contributed by atoms with Crippen molar-refractivity contribution in [3.8, 4) is 0 Å². The highest BCUT2D eigenvalue weighted by Crippen LogP contribution is 2.20. The molecule has 0 aliphatic carbocycles. The Labute approximate surface area is 92.5 Å². The zero-order chi connectivity index (χ0) is 10.7. The third-order valence-electron chi connectivity index (χ3n) is 3.33. The third-order valence-corrected chi connectivity index (χ3v) is 3.33. The standard InChI is InChI=1S/C12H23NO2/c1-9-6-12(7-10(2)15-9)13-11-4-3-5-14-8-11/h9-13H,3-8H2,1-2H3. The molecule has 15 heavy (non-hydrogen) atoms. The Morgan fingerprint density at radius 1 is 1.07 bits per heavy atom. The molecule has 0 radical (unpaired) electrons. The SMILES string of the molecule is CC1CC(NC2CCCOC2)CC(C)O1. The van der Waals surface area contributed by atoms with E-state index >= 15 is 0 Å². The van der Waals surface area contributed by atoms with Crippen molar-refractivity contribution in [2.45, 2.75) is 63.8 Å². The van der Waals surface area contributed by atoms with Crippen LogP contribution in [0.1, 0.15) is 39.5 Å². The molecule has 0 saturated carbocycles. The summed E-state index contributed by atoms with van der Waals surface area (Å²) < 4.78 is 11.2. The summed E-state index contributed by atoms with van der Waals surface area (Å²) >= 11 is 0. The first-order chi connectivity index (χ1) is 7.24. The first-order valence-corrected chi connectivity index (χ1v) is 6.23. The van der Waals surface area contributed by atoms with Crippen LogP contribution in [-0.2, 0) is 9.47 Å². The van der Waals surface area contributed by atoms with Gasteiger partial charge >= 0.3 is 0 Å². The Balaban J connectivity index is 1.77. The molecule has 88 valence electrons. The Morgan fingerprint density at radius 2 is 1.80 bits per heavy atom. The van der Waals surface area contributed by atoms with Crippen LogP contribution in [0.4, 0.5) is 0 Å². The molecule has 2 saturated heterocycles. The predicted octanol–water partition coefficient (Wildman–Crippen LogP) is 1.71. The molecule has 0 aromatic carbocycles. The van der Waals surface area contributed by atoms with E-state index in [1.165, 1.54) is 12.8 Å². The Bertz CT molecular complexity index is 182. The van der Waals surface area contributed by atoms with Crippen molar-refractivity contribution < 1.29 is 9.47 Å². The smallest absolute Gasteiger partial charge is 0.0619 e. The van der Waals surface area contributed by atoms with Gasteiger partial charge in [-0.1, -0.05) is 0 Å². The van der Waals surface area contributed by atoms with Gasteiger partial charge in [0.1, 0.15) is 0 Å². The summed E-state index contributed by atoms with van der Waals surface area (Å²) in [6, 6.07) is 1.19. The van der Waals surface area contributed by atoms with Crippen LogP contribution in [0.15, 0.2) is 0 Å². The van der Waals surface area contributed by atoms with Crippen LogP contribution >= 0.6 is 0 Å². The first kappa shape index (κ1) is 11.4. The Morgan fingerprint density at radius 3 is 2.40 bits per heavy atom. The fourth-order valence-electron chi connectivity index (χ4n) is 2.75. The monoisotopic (exact) mass is 213 g/mol. The second-order valence-electron chi connectivity index (χ2n) is 5.01. The van der Waals surface area contributed by atoms with E-state index < -0.39 is 0 Å². The summed E-state index contributed by atoms with van der Waals surface area (Å²) in [7, 11) is 0. The number of hydrogen-bond acceptors (Lipinski definition) is 3. The van der Waals surface area contributed by atoms with E-state index in [0.717, 1.165) is 26.1 Å². The average Bonchev–Trinajstić information content (AvgIpc) is 2.17. The summed E-state index contributed by atoms with van der Waals surface area (Å²) in [5.41, 5.74) is 0. The highest BCUT2D eigenvalue weighted by Gasteiger charge is 2.26. The largest absolute Gasteiger partial charge is 0.380 e. The topological polar surface area (TPSA) is 30.5 Å². The molecule has 1 N–H and O–H groups in total. The van der Waals surface area contributed by atoms with E-state index in [-0.39, 0.29) is 0 Å². The van der Waals surface area contributed by atoms with Crippen molar-refractivity contribution in [2.75, 3.05) is 13.2 Å². The summed E-state index contributed by atoms with van der Waals surface area (Å²) in [5, 5.41) is 3.71. The minimum Gasteiger partial charge on any atom is -0.380 e. The summed E-state index contributed by atoms with van der Waals surface area (Å²) in [5.74, 6) is 0. The molecule has 3 unspecified atom stereocenters. The van der Waals surface area contributed by atoms with Gasteiger partial charge in [-0.3, -0.25) is 0 Å². The van der Waals surface area contributed by atoms with Gasteiger partial charge in [0, 0.05) is 18.7 Å². The predicted molar refractivity (Wildman–Crippen MR) is 60.0 cm³/mol. The van der Waals surface area contributed by atoms with Gasteiger partial charge in [-0.05, 0) is 39.5 Å². The Hall–Kier alpha value is -0.120. The molecular formula is C12H23NO2. The fourth-order valence-corrected chi connectivity index (χ4v) is 2.75. The average molecular weight is 213 g/mol. The van der Waals surface area contributed by atoms with Gasteiger partial charge < -0.3 is 14.8 Å². The van der Waals surface area contributed by atoms with Crippen LogP contribution in [0.3, 0.4) is 0 Å². The van der Waals surface area contributed by atoms with Crippen LogP contribution in [0.25, 0.3) is 0 Å². The molecule has 0 aromatic heterocycles. The van der Waals surface area contributed by atoms with Gasteiger partial charge in [-0.15, -0.1) is 0 Å². The van der Waals surface area contributed by atoms with E-state index in [1.54, 1.807) is 0 Å². The van der Waals surface area contributed by atoms with E-state index in [9.17, 15) is 0 Å². The lowest BCUT2D eigenvalue weighted by Gasteiger charge is -2.36. The van der Waals surface area contributed by atoms with Crippen molar-refractivity contribution in [2.24, 2.45) is 0 Å². The van der Waals surface area contributed by atoms with E-state index in [1.807, 2.05) is 0 Å². The van der Waals surface area contributed by atoms with Crippen molar-refractivity contribution >= 4 is 0 Å². The van der Waals surface area contributed by atoms with Crippen LogP contribution in [0, 0.1) is 0 Å².